The van der Waals surface area contributed by atoms with Crippen molar-refractivity contribution in [2.24, 2.45) is 0 Å². The van der Waals surface area contributed by atoms with Crippen molar-refractivity contribution in [1.82, 2.24) is 5.32 Å². The molecule has 0 aliphatic rings. The van der Waals surface area contributed by atoms with Crippen LogP contribution < -0.4 is 5.32 Å². The molecule has 0 fully saturated rings. The highest BCUT2D eigenvalue weighted by Gasteiger charge is 2.18. The van der Waals surface area contributed by atoms with Gasteiger partial charge in [0.05, 0.1) is 25.4 Å². The van der Waals surface area contributed by atoms with Gasteiger partial charge in [-0.1, -0.05) is 326 Å². The highest BCUT2D eigenvalue weighted by Crippen LogP contribution is 2.18. The van der Waals surface area contributed by atoms with E-state index in [1.165, 1.54) is 289 Å². The van der Waals surface area contributed by atoms with Gasteiger partial charge in [0.2, 0.25) is 5.91 Å². The van der Waals surface area contributed by atoms with E-state index >= 15 is 0 Å². The smallest absolute Gasteiger partial charge is 0.305 e. The zero-order valence-corrected chi connectivity index (χ0v) is 50.5. The van der Waals surface area contributed by atoms with Gasteiger partial charge in [-0.25, -0.2) is 0 Å². The summed E-state index contributed by atoms with van der Waals surface area (Å²) in [4.78, 5) is 24.6. The average molecular weight is 1050 g/mol. The number of carbonyl (C=O) groups excluding carboxylic acids is 2. The van der Waals surface area contributed by atoms with Crippen LogP contribution in [0.5, 0.6) is 0 Å². The highest BCUT2D eigenvalue weighted by atomic mass is 16.5. The van der Waals surface area contributed by atoms with Crippen LogP contribution in [0.15, 0.2) is 36.5 Å². The summed E-state index contributed by atoms with van der Waals surface area (Å²) < 4.78 is 5.49. The van der Waals surface area contributed by atoms with Gasteiger partial charge in [-0.3, -0.25) is 9.59 Å². The number of ether oxygens (including phenoxy) is 1. The highest BCUT2D eigenvalue weighted by molar-refractivity contribution is 5.76. The van der Waals surface area contributed by atoms with Crippen molar-refractivity contribution in [2.45, 2.75) is 379 Å². The summed E-state index contributed by atoms with van der Waals surface area (Å²) in [5.74, 6) is -0.0725. The maximum atomic E-state index is 12.5. The molecule has 0 aliphatic heterocycles. The molecule has 0 saturated carbocycles. The molecule has 2 atom stereocenters. The first kappa shape index (κ1) is 73.1. The average Bonchev–Trinajstić information content (AvgIpc) is 3.41. The van der Waals surface area contributed by atoms with Crippen LogP contribution in [0.4, 0.5) is 0 Å². The molecule has 1 amide bonds. The quantitative estimate of drug-likeness (QED) is 0.0320. The van der Waals surface area contributed by atoms with E-state index in [0.717, 1.165) is 51.4 Å². The Morgan fingerprint density at radius 3 is 1.04 bits per heavy atom. The number of rotatable bonds is 63. The lowest BCUT2D eigenvalue weighted by Crippen LogP contribution is -2.45. The first-order valence-corrected chi connectivity index (χ1v) is 33.8. The summed E-state index contributed by atoms with van der Waals surface area (Å²) in [6, 6.07) is -0.634. The van der Waals surface area contributed by atoms with Crippen LogP contribution in [0.2, 0.25) is 0 Å². The molecule has 442 valence electrons. The van der Waals surface area contributed by atoms with Gasteiger partial charge >= 0.3 is 5.97 Å². The Hall–Kier alpha value is -1.92. The summed E-state index contributed by atoms with van der Waals surface area (Å²) in [6.07, 6.45) is 82.0. The number of unbranched alkanes of at least 4 members (excludes halogenated alkanes) is 48. The molecule has 0 aliphatic carbocycles. The molecule has 2 unspecified atom stereocenters. The van der Waals surface area contributed by atoms with Crippen LogP contribution in [0.3, 0.4) is 0 Å². The third kappa shape index (κ3) is 61.2. The maximum absolute atomic E-state index is 12.5. The molecule has 0 bridgehead atoms. The predicted octanol–water partition coefficient (Wildman–Crippen LogP) is 21.5. The summed E-state index contributed by atoms with van der Waals surface area (Å²) in [6.45, 7) is 4.89. The van der Waals surface area contributed by atoms with Gasteiger partial charge in [0.25, 0.3) is 0 Å². The summed E-state index contributed by atoms with van der Waals surface area (Å²) in [7, 11) is 0. The summed E-state index contributed by atoms with van der Waals surface area (Å²) in [5, 5.41) is 23.3. The van der Waals surface area contributed by atoms with E-state index in [1.807, 2.05) is 6.08 Å². The molecule has 6 heteroatoms. The lowest BCUT2D eigenvalue weighted by molar-refractivity contribution is -0.143. The molecule has 3 N–H and O–H groups in total. The largest absolute Gasteiger partial charge is 0.466 e. The fourth-order valence-electron chi connectivity index (χ4n) is 10.5. The van der Waals surface area contributed by atoms with Crippen molar-refractivity contribution in [1.29, 1.82) is 0 Å². The molecule has 0 aromatic carbocycles. The van der Waals surface area contributed by atoms with E-state index in [0.29, 0.717) is 19.4 Å². The number of hydrogen-bond acceptors (Lipinski definition) is 5. The number of nitrogens with one attached hydrogen (secondary N) is 1. The number of aliphatic hydroxyl groups excluding tert-OH is 2. The summed E-state index contributed by atoms with van der Waals surface area (Å²) >= 11 is 0. The topological polar surface area (TPSA) is 95.9 Å². The van der Waals surface area contributed by atoms with Gasteiger partial charge in [-0.05, 0) is 64.2 Å². The van der Waals surface area contributed by atoms with Gasteiger partial charge in [-0.2, -0.15) is 0 Å². The van der Waals surface area contributed by atoms with E-state index in [2.05, 4.69) is 43.5 Å². The van der Waals surface area contributed by atoms with Gasteiger partial charge in [-0.15, -0.1) is 0 Å². The van der Waals surface area contributed by atoms with Crippen molar-refractivity contribution in [3.05, 3.63) is 36.5 Å². The minimum Gasteiger partial charge on any atom is -0.466 e. The molecule has 6 nitrogen and oxygen atoms in total. The second kappa shape index (κ2) is 64.6. The molecule has 0 radical (unpaired) electrons. The van der Waals surface area contributed by atoms with Gasteiger partial charge in [0.15, 0.2) is 0 Å². The predicted molar refractivity (Wildman–Crippen MR) is 329 cm³/mol. The Balaban J connectivity index is 3.44. The zero-order chi connectivity index (χ0) is 54.3. The Morgan fingerprint density at radius 2 is 0.667 bits per heavy atom. The third-order valence-corrected chi connectivity index (χ3v) is 15.7. The van der Waals surface area contributed by atoms with Gasteiger partial charge < -0.3 is 20.3 Å². The Labute approximate surface area is 468 Å². The monoisotopic (exact) mass is 1050 g/mol. The van der Waals surface area contributed by atoms with Crippen molar-refractivity contribution in [2.75, 3.05) is 13.2 Å². The SMILES string of the molecule is CCCCC/C=C\C/C=C\CCCCCCCCCC(=O)OCCCCCCCCCCCCCCCCCCCC(=O)NC(CO)C(O)/C=C/CCCCCCCCCCCCCCCCCCCCCCCC. The van der Waals surface area contributed by atoms with Crippen LogP contribution in [0, 0.1) is 0 Å². The number of allylic oxidation sites excluding steroid dienone is 5. The molecule has 0 aromatic rings. The Kier molecular flexibility index (Phi) is 63.0. The normalized spacial score (nSPS) is 12.7. The molecular weight excluding hydrogens is 923 g/mol. The standard InChI is InChI=1S/C69H131NO5/c1-3-5-7-9-11-13-15-17-19-21-22-23-24-25-26-27-30-33-37-41-45-49-53-57-61-67(72)66(65-71)70-68(73)62-58-54-50-46-42-38-34-31-28-32-36-40-44-48-52-56-60-64-75-69(74)63-59-55-51-47-43-39-35-29-20-18-16-14-12-10-8-6-4-2/h12,14,18,20,57,61,66-67,71-72H,3-11,13,15-17,19,21-56,58-60,62-65H2,1-2H3,(H,70,73)/b14-12-,20-18-,61-57+. The van der Waals surface area contributed by atoms with Crippen LogP contribution in [0.1, 0.15) is 367 Å². The van der Waals surface area contributed by atoms with Crippen LogP contribution in [0.25, 0.3) is 0 Å². The van der Waals surface area contributed by atoms with E-state index < -0.39 is 12.1 Å². The van der Waals surface area contributed by atoms with Crippen molar-refractivity contribution >= 4 is 11.9 Å². The maximum Gasteiger partial charge on any atom is 0.305 e. The van der Waals surface area contributed by atoms with E-state index in [1.54, 1.807) is 6.08 Å². The number of amides is 1. The lowest BCUT2D eigenvalue weighted by Gasteiger charge is -2.20. The fraction of sp³-hybridized carbons (Fsp3) is 0.884. The Morgan fingerprint density at radius 1 is 0.373 bits per heavy atom. The molecule has 75 heavy (non-hydrogen) atoms. The van der Waals surface area contributed by atoms with Crippen LogP contribution >= 0.6 is 0 Å². The van der Waals surface area contributed by atoms with Crippen molar-refractivity contribution in [3.63, 3.8) is 0 Å². The molecule has 0 aromatic heterocycles. The number of carbonyl (C=O) groups is 2. The summed E-state index contributed by atoms with van der Waals surface area (Å²) in [5.41, 5.74) is 0. The second-order valence-corrected chi connectivity index (χ2v) is 23.2. The van der Waals surface area contributed by atoms with Gasteiger partial charge in [0.1, 0.15) is 0 Å². The van der Waals surface area contributed by atoms with E-state index in [4.69, 9.17) is 4.74 Å². The Bertz CT molecular complexity index is 1210. The van der Waals surface area contributed by atoms with E-state index in [9.17, 15) is 19.8 Å². The lowest BCUT2D eigenvalue weighted by atomic mass is 10.0. The molecule has 0 rings (SSSR count). The van der Waals surface area contributed by atoms with Crippen LogP contribution in [-0.2, 0) is 14.3 Å². The molecular formula is C69H131NO5. The minimum absolute atomic E-state index is 0.00261. The fourth-order valence-corrected chi connectivity index (χ4v) is 10.5. The number of hydrogen-bond donors (Lipinski definition) is 3. The minimum atomic E-state index is -0.850. The molecule has 0 saturated heterocycles. The second-order valence-electron chi connectivity index (χ2n) is 23.2. The first-order valence-electron chi connectivity index (χ1n) is 33.8. The van der Waals surface area contributed by atoms with Crippen molar-refractivity contribution in [3.8, 4) is 0 Å². The van der Waals surface area contributed by atoms with Gasteiger partial charge in [0, 0.05) is 12.8 Å². The first-order chi connectivity index (χ1) is 37.0. The van der Waals surface area contributed by atoms with Crippen LogP contribution in [-0.4, -0.2) is 47.4 Å². The number of aliphatic hydroxyl groups is 2. The third-order valence-electron chi connectivity index (χ3n) is 15.7. The number of esters is 1. The zero-order valence-electron chi connectivity index (χ0n) is 50.5. The van der Waals surface area contributed by atoms with Crippen molar-refractivity contribution < 1.29 is 24.5 Å². The molecule has 0 heterocycles. The van der Waals surface area contributed by atoms with E-state index in [-0.39, 0.29) is 18.5 Å². The molecule has 0 spiro atoms.